The molecule has 0 aliphatic rings. The van der Waals surface area contributed by atoms with Gasteiger partial charge in [0.1, 0.15) is 6.04 Å². The molecule has 2 amide bonds. The number of carbonyl (C=O) groups is 3. The molecule has 27 heavy (non-hydrogen) atoms. The van der Waals surface area contributed by atoms with Gasteiger partial charge in [-0.1, -0.05) is 44.5 Å². The number of benzene rings is 2. The standard InChI is InChI=1S/C21H24N2O4/c1-4-13(2)18(21(26)27)23-20(25)16-11-10-14(3)17(12-16)22-19(24)15-8-6-5-7-9-15/h5-13,18H,4H2,1-3H3,(H,22,24)(H,23,25)(H,26,27). The highest BCUT2D eigenvalue weighted by Crippen LogP contribution is 2.19. The van der Waals surface area contributed by atoms with E-state index in [0.717, 1.165) is 5.56 Å². The molecule has 6 nitrogen and oxygen atoms in total. The monoisotopic (exact) mass is 368 g/mol. The maximum atomic E-state index is 12.5. The van der Waals surface area contributed by atoms with E-state index in [9.17, 15) is 19.5 Å². The Morgan fingerprint density at radius 2 is 1.67 bits per heavy atom. The van der Waals surface area contributed by atoms with Crippen molar-refractivity contribution in [3.63, 3.8) is 0 Å². The van der Waals surface area contributed by atoms with Crippen LogP contribution in [0, 0.1) is 12.8 Å². The predicted molar refractivity (Wildman–Crippen MR) is 104 cm³/mol. The topological polar surface area (TPSA) is 95.5 Å². The lowest BCUT2D eigenvalue weighted by molar-refractivity contribution is -0.140. The van der Waals surface area contributed by atoms with Gasteiger partial charge >= 0.3 is 5.97 Å². The average Bonchev–Trinajstić information content (AvgIpc) is 2.67. The van der Waals surface area contributed by atoms with Gasteiger partial charge in [0.25, 0.3) is 11.8 Å². The third kappa shape index (κ3) is 5.17. The molecule has 0 bridgehead atoms. The molecule has 2 atom stereocenters. The van der Waals surface area contributed by atoms with Gasteiger partial charge in [0.2, 0.25) is 0 Å². The van der Waals surface area contributed by atoms with Crippen LogP contribution in [0.25, 0.3) is 0 Å². The van der Waals surface area contributed by atoms with Crippen LogP contribution >= 0.6 is 0 Å². The Bertz CT molecular complexity index is 833. The molecule has 0 radical (unpaired) electrons. The van der Waals surface area contributed by atoms with Gasteiger partial charge in [0.05, 0.1) is 0 Å². The van der Waals surface area contributed by atoms with Crippen molar-refractivity contribution >= 4 is 23.5 Å². The minimum absolute atomic E-state index is 0.200. The number of aryl methyl sites for hydroxylation is 1. The molecule has 0 aromatic heterocycles. The van der Waals surface area contributed by atoms with Crippen LogP contribution in [0.3, 0.4) is 0 Å². The Hall–Kier alpha value is -3.15. The van der Waals surface area contributed by atoms with Gasteiger partial charge in [0, 0.05) is 16.8 Å². The zero-order valence-electron chi connectivity index (χ0n) is 15.7. The molecule has 2 unspecified atom stereocenters. The molecule has 0 aliphatic carbocycles. The van der Waals surface area contributed by atoms with E-state index >= 15 is 0 Å². The van der Waals surface area contributed by atoms with Crippen LogP contribution in [0.4, 0.5) is 5.69 Å². The molecular weight excluding hydrogens is 344 g/mol. The summed E-state index contributed by atoms with van der Waals surface area (Å²) in [7, 11) is 0. The molecule has 2 rings (SSSR count). The fourth-order valence-electron chi connectivity index (χ4n) is 2.59. The first-order valence-corrected chi connectivity index (χ1v) is 8.84. The van der Waals surface area contributed by atoms with Gasteiger partial charge in [0.15, 0.2) is 0 Å². The molecule has 0 spiro atoms. The highest BCUT2D eigenvalue weighted by molar-refractivity contribution is 6.05. The normalized spacial score (nSPS) is 12.7. The number of carboxylic acids is 1. The number of rotatable bonds is 7. The number of amides is 2. The summed E-state index contributed by atoms with van der Waals surface area (Å²) >= 11 is 0. The van der Waals surface area contributed by atoms with Crippen LogP contribution in [0.2, 0.25) is 0 Å². The first kappa shape index (κ1) is 20.2. The Labute approximate surface area is 158 Å². The summed E-state index contributed by atoms with van der Waals surface area (Å²) in [6.07, 6.45) is 0.628. The van der Waals surface area contributed by atoms with E-state index in [4.69, 9.17) is 0 Å². The number of aliphatic carboxylic acids is 1. The third-order valence-electron chi connectivity index (χ3n) is 4.55. The molecule has 0 saturated heterocycles. The zero-order chi connectivity index (χ0) is 20.0. The van der Waals surface area contributed by atoms with Crippen LogP contribution in [0.5, 0.6) is 0 Å². The number of nitrogens with one attached hydrogen (secondary N) is 2. The molecule has 0 saturated carbocycles. The summed E-state index contributed by atoms with van der Waals surface area (Å²) in [6, 6.07) is 12.7. The van der Waals surface area contributed by atoms with Gasteiger partial charge in [-0.15, -0.1) is 0 Å². The van der Waals surface area contributed by atoms with E-state index in [2.05, 4.69) is 10.6 Å². The van der Waals surface area contributed by atoms with Gasteiger partial charge in [-0.05, 0) is 42.7 Å². The summed E-state index contributed by atoms with van der Waals surface area (Å²) in [5.74, 6) is -2.03. The molecular formula is C21H24N2O4. The van der Waals surface area contributed by atoms with Crippen LogP contribution in [0.15, 0.2) is 48.5 Å². The van der Waals surface area contributed by atoms with Crippen LogP contribution in [-0.4, -0.2) is 28.9 Å². The molecule has 0 heterocycles. The maximum absolute atomic E-state index is 12.5. The smallest absolute Gasteiger partial charge is 0.326 e. The molecule has 3 N–H and O–H groups in total. The number of hydrogen-bond donors (Lipinski definition) is 3. The van der Waals surface area contributed by atoms with Gasteiger partial charge < -0.3 is 15.7 Å². The summed E-state index contributed by atoms with van der Waals surface area (Å²) in [6.45, 7) is 5.47. The Morgan fingerprint density at radius 1 is 1.00 bits per heavy atom. The molecule has 2 aromatic rings. The van der Waals surface area contributed by atoms with Crippen molar-refractivity contribution in [2.75, 3.05) is 5.32 Å². The second-order valence-electron chi connectivity index (χ2n) is 6.52. The van der Waals surface area contributed by atoms with E-state index < -0.39 is 17.9 Å². The summed E-state index contributed by atoms with van der Waals surface area (Å²) in [5.41, 5.74) is 2.10. The zero-order valence-corrected chi connectivity index (χ0v) is 15.7. The maximum Gasteiger partial charge on any atom is 0.326 e. The van der Waals surface area contributed by atoms with Gasteiger partial charge in [-0.2, -0.15) is 0 Å². The fourth-order valence-corrected chi connectivity index (χ4v) is 2.59. The lowest BCUT2D eigenvalue weighted by Gasteiger charge is -2.20. The van der Waals surface area contributed by atoms with Gasteiger partial charge in [-0.3, -0.25) is 9.59 Å². The second kappa shape index (κ2) is 8.98. The Morgan fingerprint density at radius 3 is 2.26 bits per heavy atom. The first-order chi connectivity index (χ1) is 12.8. The number of hydrogen-bond acceptors (Lipinski definition) is 3. The molecule has 6 heteroatoms. The average molecular weight is 368 g/mol. The summed E-state index contributed by atoms with van der Waals surface area (Å²) in [4.78, 5) is 36.3. The van der Waals surface area contributed by atoms with Crippen LogP contribution in [-0.2, 0) is 4.79 Å². The Kier molecular flexibility index (Phi) is 6.71. The molecule has 0 fully saturated rings. The largest absolute Gasteiger partial charge is 0.480 e. The van der Waals surface area contributed by atoms with Crippen molar-refractivity contribution in [2.45, 2.75) is 33.2 Å². The van der Waals surface area contributed by atoms with E-state index in [-0.39, 0.29) is 11.8 Å². The molecule has 0 aliphatic heterocycles. The van der Waals surface area contributed by atoms with Crippen molar-refractivity contribution in [3.8, 4) is 0 Å². The van der Waals surface area contributed by atoms with Crippen LogP contribution < -0.4 is 10.6 Å². The highest BCUT2D eigenvalue weighted by Gasteiger charge is 2.26. The van der Waals surface area contributed by atoms with Crippen molar-refractivity contribution in [3.05, 3.63) is 65.2 Å². The van der Waals surface area contributed by atoms with Crippen molar-refractivity contribution < 1.29 is 19.5 Å². The van der Waals surface area contributed by atoms with Crippen LogP contribution in [0.1, 0.15) is 46.5 Å². The SMILES string of the molecule is CCC(C)C(NC(=O)c1ccc(C)c(NC(=O)c2ccccc2)c1)C(=O)O. The second-order valence-corrected chi connectivity index (χ2v) is 6.52. The van der Waals surface area contributed by atoms with E-state index in [1.165, 1.54) is 0 Å². The van der Waals surface area contributed by atoms with E-state index in [0.29, 0.717) is 23.2 Å². The fraction of sp³-hybridized carbons (Fsp3) is 0.286. The predicted octanol–water partition coefficient (Wildman–Crippen LogP) is 3.48. The number of carboxylic acid groups (broad SMARTS) is 1. The number of carbonyl (C=O) groups excluding carboxylic acids is 2. The molecule has 142 valence electrons. The minimum atomic E-state index is -1.07. The highest BCUT2D eigenvalue weighted by atomic mass is 16.4. The minimum Gasteiger partial charge on any atom is -0.480 e. The van der Waals surface area contributed by atoms with Crippen molar-refractivity contribution in [1.82, 2.24) is 5.32 Å². The quantitative estimate of drug-likeness (QED) is 0.697. The first-order valence-electron chi connectivity index (χ1n) is 8.84. The number of anilines is 1. The lowest BCUT2D eigenvalue weighted by Crippen LogP contribution is -2.45. The summed E-state index contributed by atoms with van der Waals surface area (Å²) < 4.78 is 0. The third-order valence-corrected chi connectivity index (χ3v) is 4.55. The molecule has 2 aromatic carbocycles. The lowest BCUT2D eigenvalue weighted by atomic mass is 9.98. The van der Waals surface area contributed by atoms with E-state index in [1.807, 2.05) is 19.9 Å². The van der Waals surface area contributed by atoms with Crippen molar-refractivity contribution in [2.24, 2.45) is 5.92 Å². The summed E-state index contributed by atoms with van der Waals surface area (Å²) in [5, 5.41) is 14.7. The van der Waals surface area contributed by atoms with Gasteiger partial charge in [-0.25, -0.2) is 4.79 Å². The Balaban J connectivity index is 2.19. The van der Waals surface area contributed by atoms with E-state index in [1.54, 1.807) is 49.4 Å². The van der Waals surface area contributed by atoms with Crippen molar-refractivity contribution in [1.29, 1.82) is 0 Å².